The zero-order chi connectivity index (χ0) is 14.9. The second-order valence-corrected chi connectivity index (χ2v) is 7.73. The molecule has 1 fully saturated rings. The molecular weight excluding hydrogens is 306 g/mol. The fourth-order valence-corrected chi connectivity index (χ4v) is 4.21. The van der Waals surface area contributed by atoms with Crippen molar-refractivity contribution >= 4 is 27.0 Å². The number of nitrogens with zero attached hydrogens (tertiary/aromatic N) is 1. The van der Waals surface area contributed by atoms with E-state index in [1.54, 1.807) is 35.0 Å². The summed E-state index contributed by atoms with van der Waals surface area (Å²) in [5.74, 6) is 0. The number of thiazole rings is 1. The van der Waals surface area contributed by atoms with Gasteiger partial charge < -0.3 is 5.32 Å². The number of hydrogen-bond acceptors (Lipinski definition) is 5. The average Bonchev–Trinajstić information content (AvgIpc) is 3.16. The maximum Gasteiger partial charge on any atom is 0.242 e. The Morgan fingerprint density at radius 1 is 1.33 bits per heavy atom. The molecule has 7 heteroatoms. The van der Waals surface area contributed by atoms with Crippen LogP contribution in [-0.2, 0) is 16.6 Å². The highest BCUT2D eigenvalue weighted by atomic mass is 32.2. The molecular formula is C14H17N3O2S2. The van der Waals surface area contributed by atoms with E-state index in [0.29, 0.717) is 17.1 Å². The van der Waals surface area contributed by atoms with Gasteiger partial charge >= 0.3 is 0 Å². The molecule has 0 radical (unpaired) electrons. The molecule has 0 bridgehead atoms. The molecule has 0 spiro atoms. The lowest BCUT2D eigenvalue weighted by atomic mass is 10.3. The fraction of sp³-hybridized carbons (Fsp3) is 0.357. The van der Waals surface area contributed by atoms with Crippen LogP contribution in [0.2, 0.25) is 0 Å². The summed E-state index contributed by atoms with van der Waals surface area (Å²) >= 11 is 1.56. The summed E-state index contributed by atoms with van der Waals surface area (Å²) in [6.45, 7) is 2.53. The normalized spacial score (nSPS) is 15.1. The van der Waals surface area contributed by atoms with Gasteiger partial charge in [-0.3, -0.25) is 0 Å². The molecule has 2 N–H and O–H groups in total. The van der Waals surface area contributed by atoms with Crippen LogP contribution in [0.5, 0.6) is 0 Å². The first-order valence-electron chi connectivity index (χ1n) is 6.80. The predicted octanol–water partition coefficient (Wildman–Crippen LogP) is 2.50. The highest BCUT2D eigenvalue weighted by Crippen LogP contribution is 2.26. The summed E-state index contributed by atoms with van der Waals surface area (Å²) in [5, 5.41) is 3.21. The Morgan fingerprint density at radius 2 is 2.10 bits per heavy atom. The third-order valence-electron chi connectivity index (χ3n) is 3.36. The number of aryl methyl sites for hydroxylation is 1. The molecule has 112 valence electrons. The van der Waals surface area contributed by atoms with Crippen molar-refractivity contribution in [3.05, 3.63) is 40.3 Å². The highest BCUT2D eigenvalue weighted by molar-refractivity contribution is 7.89. The second-order valence-electron chi connectivity index (χ2n) is 5.11. The number of benzene rings is 1. The van der Waals surface area contributed by atoms with Gasteiger partial charge in [-0.25, -0.2) is 18.1 Å². The van der Waals surface area contributed by atoms with E-state index in [9.17, 15) is 8.42 Å². The van der Waals surface area contributed by atoms with Gasteiger partial charge in [0, 0.05) is 10.9 Å². The SMILES string of the molecule is Cc1ncsc1CNc1ccccc1S(=O)(=O)NC1CC1. The summed E-state index contributed by atoms with van der Waals surface area (Å²) in [5.41, 5.74) is 3.39. The van der Waals surface area contributed by atoms with Crippen LogP contribution in [0.15, 0.2) is 34.7 Å². The molecule has 1 saturated carbocycles. The van der Waals surface area contributed by atoms with Gasteiger partial charge in [0.25, 0.3) is 0 Å². The van der Waals surface area contributed by atoms with E-state index in [4.69, 9.17) is 0 Å². The maximum atomic E-state index is 12.4. The molecule has 0 aliphatic heterocycles. The van der Waals surface area contributed by atoms with E-state index >= 15 is 0 Å². The van der Waals surface area contributed by atoms with Crippen molar-refractivity contribution < 1.29 is 8.42 Å². The molecule has 1 heterocycles. The number of aromatic nitrogens is 1. The first kappa shape index (κ1) is 14.5. The van der Waals surface area contributed by atoms with Crippen LogP contribution in [0.3, 0.4) is 0 Å². The quantitative estimate of drug-likeness (QED) is 0.857. The zero-order valence-electron chi connectivity index (χ0n) is 11.7. The number of rotatable bonds is 6. The fourth-order valence-electron chi connectivity index (χ4n) is 2.00. The number of nitrogens with one attached hydrogen (secondary N) is 2. The van der Waals surface area contributed by atoms with Crippen LogP contribution in [0.4, 0.5) is 5.69 Å². The lowest BCUT2D eigenvalue weighted by molar-refractivity contribution is 0.581. The Labute approximate surface area is 128 Å². The average molecular weight is 323 g/mol. The van der Waals surface area contributed by atoms with Crippen LogP contribution in [-0.4, -0.2) is 19.4 Å². The van der Waals surface area contributed by atoms with Crippen molar-refractivity contribution in [3.8, 4) is 0 Å². The number of para-hydroxylation sites is 1. The lowest BCUT2D eigenvalue weighted by Crippen LogP contribution is -2.26. The second kappa shape index (κ2) is 5.75. The first-order chi connectivity index (χ1) is 10.1. The maximum absolute atomic E-state index is 12.4. The number of hydrogen-bond donors (Lipinski definition) is 2. The van der Waals surface area contributed by atoms with Crippen LogP contribution in [0.25, 0.3) is 0 Å². The van der Waals surface area contributed by atoms with Crippen molar-refractivity contribution in [1.29, 1.82) is 0 Å². The minimum Gasteiger partial charge on any atom is -0.379 e. The Kier molecular flexibility index (Phi) is 3.97. The summed E-state index contributed by atoms with van der Waals surface area (Å²) in [6, 6.07) is 7.10. The summed E-state index contributed by atoms with van der Waals surface area (Å²) in [7, 11) is -3.45. The smallest absolute Gasteiger partial charge is 0.242 e. The van der Waals surface area contributed by atoms with Crippen LogP contribution in [0, 0.1) is 6.92 Å². The van der Waals surface area contributed by atoms with Gasteiger partial charge in [-0.2, -0.15) is 0 Å². The predicted molar refractivity (Wildman–Crippen MR) is 84.0 cm³/mol. The minimum atomic E-state index is -3.45. The molecule has 0 unspecified atom stereocenters. The summed E-state index contributed by atoms with van der Waals surface area (Å²) in [6.07, 6.45) is 1.85. The Morgan fingerprint density at radius 3 is 2.76 bits per heavy atom. The van der Waals surface area contributed by atoms with Crippen LogP contribution >= 0.6 is 11.3 Å². The molecule has 2 aromatic rings. The Balaban J connectivity index is 1.80. The van der Waals surface area contributed by atoms with E-state index in [1.165, 1.54) is 0 Å². The minimum absolute atomic E-state index is 0.104. The first-order valence-corrected chi connectivity index (χ1v) is 9.17. The van der Waals surface area contributed by atoms with Gasteiger partial charge in [-0.05, 0) is 31.9 Å². The van der Waals surface area contributed by atoms with Crippen molar-refractivity contribution in [3.63, 3.8) is 0 Å². The van der Waals surface area contributed by atoms with Gasteiger partial charge in [-0.15, -0.1) is 11.3 Å². The molecule has 3 rings (SSSR count). The van der Waals surface area contributed by atoms with Gasteiger partial charge in [-0.1, -0.05) is 12.1 Å². The van der Waals surface area contributed by atoms with Crippen molar-refractivity contribution in [2.75, 3.05) is 5.32 Å². The molecule has 21 heavy (non-hydrogen) atoms. The third kappa shape index (κ3) is 3.42. The molecule has 1 aromatic heterocycles. The monoisotopic (exact) mass is 323 g/mol. The standard InChI is InChI=1S/C14H17N3O2S2/c1-10-13(20-9-16-10)8-15-12-4-2-3-5-14(12)21(18,19)17-11-6-7-11/h2-5,9,11,15,17H,6-8H2,1H3. The summed E-state index contributed by atoms with van der Waals surface area (Å²) in [4.78, 5) is 5.61. The van der Waals surface area contributed by atoms with Crippen LogP contribution in [0.1, 0.15) is 23.4 Å². The number of anilines is 1. The topological polar surface area (TPSA) is 71.1 Å². The van der Waals surface area contributed by atoms with Gasteiger partial charge in [0.2, 0.25) is 10.0 Å². The molecule has 1 aromatic carbocycles. The van der Waals surface area contributed by atoms with E-state index in [2.05, 4.69) is 15.0 Å². The zero-order valence-corrected chi connectivity index (χ0v) is 13.3. The Bertz CT molecular complexity index is 736. The van der Waals surface area contributed by atoms with E-state index < -0.39 is 10.0 Å². The van der Waals surface area contributed by atoms with E-state index in [0.717, 1.165) is 23.4 Å². The highest BCUT2D eigenvalue weighted by Gasteiger charge is 2.29. The van der Waals surface area contributed by atoms with E-state index in [-0.39, 0.29) is 6.04 Å². The Hall–Kier alpha value is -1.44. The van der Waals surface area contributed by atoms with Gasteiger partial charge in [0.15, 0.2) is 0 Å². The largest absolute Gasteiger partial charge is 0.379 e. The molecule has 1 aliphatic carbocycles. The van der Waals surface area contributed by atoms with Crippen molar-refractivity contribution in [1.82, 2.24) is 9.71 Å². The van der Waals surface area contributed by atoms with Crippen molar-refractivity contribution in [2.45, 2.75) is 37.2 Å². The molecule has 5 nitrogen and oxygen atoms in total. The van der Waals surface area contributed by atoms with E-state index in [1.807, 2.05) is 13.0 Å². The molecule has 0 saturated heterocycles. The molecule has 1 aliphatic rings. The molecule has 0 amide bonds. The van der Waals surface area contributed by atoms with Crippen molar-refractivity contribution in [2.24, 2.45) is 0 Å². The van der Waals surface area contributed by atoms with Gasteiger partial charge in [0.1, 0.15) is 4.90 Å². The molecule has 0 atom stereocenters. The van der Waals surface area contributed by atoms with Crippen LogP contribution < -0.4 is 10.0 Å². The summed E-state index contributed by atoms with van der Waals surface area (Å²) < 4.78 is 27.5. The van der Waals surface area contributed by atoms with Gasteiger partial charge in [0.05, 0.1) is 23.4 Å². The lowest BCUT2D eigenvalue weighted by Gasteiger charge is -2.12. The number of sulfonamides is 1. The third-order valence-corrected chi connectivity index (χ3v) is 5.87.